The first-order chi connectivity index (χ1) is 14.7. The fourth-order valence-corrected chi connectivity index (χ4v) is 3.36. The molecule has 0 aliphatic carbocycles. The van der Waals surface area contributed by atoms with E-state index in [0.29, 0.717) is 11.2 Å². The normalized spacial score (nSPS) is 15.6. The molecule has 1 aromatic heterocycles. The van der Waals surface area contributed by atoms with Crippen molar-refractivity contribution in [2.45, 2.75) is 12.5 Å². The predicted molar refractivity (Wildman–Crippen MR) is 111 cm³/mol. The van der Waals surface area contributed by atoms with Crippen LogP contribution in [0.1, 0.15) is 23.6 Å². The number of amides is 1. The van der Waals surface area contributed by atoms with Crippen LogP contribution < -0.4 is 14.2 Å². The molecule has 1 aliphatic heterocycles. The van der Waals surface area contributed by atoms with Gasteiger partial charge in [0.05, 0.1) is 24.9 Å². The van der Waals surface area contributed by atoms with Crippen LogP contribution in [0.5, 0.6) is 11.6 Å². The lowest BCUT2D eigenvalue weighted by Gasteiger charge is -2.22. The number of benzene rings is 2. The Hall–Kier alpha value is -3.87. The van der Waals surface area contributed by atoms with Crippen molar-refractivity contribution in [1.29, 1.82) is 0 Å². The maximum Gasteiger partial charge on any atom is 0.379 e. The summed E-state index contributed by atoms with van der Waals surface area (Å²) >= 11 is 0. The van der Waals surface area contributed by atoms with Gasteiger partial charge in [0.25, 0.3) is 5.91 Å². The van der Waals surface area contributed by atoms with E-state index in [9.17, 15) is 10.0 Å². The highest BCUT2D eigenvalue weighted by Crippen LogP contribution is 2.33. The second-order valence-corrected chi connectivity index (χ2v) is 6.80. The van der Waals surface area contributed by atoms with Crippen molar-refractivity contribution in [3.05, 3.63) is 95.3 Å². The highest BCUT2D eigenvalue weighted by molar-refractivity contribution is 6.03. The summed E-state index contributed by atoms with van der Waals surface area (Å²) in [5.41, 5.74) is 2.73. The molecule has 1 amide bonds. The van der Waals surface area contributed by atoms with Crippen molar-refractivity contribution in [3.63, 3.8) is 0 Å². The van der Waals surface area contributed by atoms with Crippen molar-refractivity contribution in [2.24, 2.45) is 5.10 Å². The Labute approximate surface area is 174 Å². The molecular weight excluding hydrogens is 382 g/mol. The Bertz CT molecular complexity index is 1050. The second kappa shape index (κ2) is 8.65. The van der Waals surface area contributed by atoms with E-state index in [4.69, 9.17) is 9.47 Å². The van der Waals surface area contributed by atoms with E-state index in [1.807, 2.05) is 54.6 Å². The van der Waals surface area contributed by atoms with E-state index in [2.05, 4.69) is 5.10 Å². The van der Waals surface area contributed by atoms with E-state index >= 15 is 0 Å². The van der Waals surface area contributed by atoms with Gasteiger partial charge >= 0.3 is 5.88 Å². The topological polar surface area (TPSA) is 78.1 Å². The van der Waals surface area contributed by atoms with E-state index in [1.54, 1.807) is 19.2 Å². The van der Waals surface area contributed by atoms with Crippen LogP contribution in [-0.4, -0.2) is 30.3 Å². The van der Waals surface area contributed by atoms with E-state index in [1.165, 1.54) is 17.3 Å². The minimum absolute atomic E-state index is 0.0679. The molecule has 0 saturated carbocycles. The molecule has 0 saturated heterocycles. The molecule has 7 nitrogen and oxygen atoms in total. The number of pyridine rings is 1. The van der Waals surface area contributed by atoms with E-state index in [0.717, 1.165) is 22.6 Å². The van der Waals surface area contributed by atoms with Crippen molar-refractivity contribution < 1.29 is 19.0 Å². The van der Waals surface area contributed by atoms with Crippen LogP contribution in [0.25, 0.3) is 0 Å². The molecule has 0 spiro atoms. The number of carbonyl (C=O) groups is 1. The summed E-state index contributed by atoms with van der Waals surface area (Å²) < 4.78 is 11.3. The molecule has 1 aliphatic rings. The highest BCUT2D eigenvalue weighted by Gasteiger charge is 2.33. The third kappa shape index (κ3) is 4.10. The predicted octanol–water partition coefficient (Wildman–Crippen LogP) is 3.09. The van der Waals surface area contributed by atoms with Crippen LogP contribution in [-0.2, 0) is 4.79 Å². The first-order valence-corrected chi connectivity index (χ1v) is 9.55. The SMILES string of the molecule is COc1ccc([C@@H]2CC(c3ccccc3)=NN2C(=O)COc2cccc[n+]2[O-])cc1. The van der Waals surface area contributed by atoms with Gasteiger partial charge in [0.2, 0.25) is 0 Å². The molecule has 2 heterocycles. The molecular formula is C23H21N3O4. The lowest BCUT2D eigenvalue weighted by atomic mass is 9.98. The number of ether oxygens (including phenoxy) is 2. The van der Waals surface area contributed by atoms with Gasteiger partial charge in [-0.3, -0.25) is 4.79 Å². The molecule has 0 unspecified atom stereocenters. The van der Waals surface area contributed by atoms with Crippen LogP contribution in [0.2, 0.25) is 0 Å². The van der Waals surface area contributed by atoms with Gasteiger partial charge < -0.3 is 14.7 Å². The first-order valence-electron chi connectivity index (χ1n) is 9.55. The fraction of sp³-hybridized carbons (Fsp3) is 0.174. The summed E-state index contributed by atoms with van der Waals surface area (Å²) in [5.74, 6) is 0.482. The van der Waals surface area contributed by atoms with E-state index in [-0.39, 0.29) is 24.4 Å². The molecule has 30 heavy (non-hydrogen) atoms. The third-order valence-electron chi connectivity index (χ3n) is 4.91. The van der Waals surface area contributed by atoms with Crippen LogP contribution in [0, 0.1) is 5.21 Å². The average Bonchev–Trinajstić information content (AvgIpc) is 3.25. The number of methoxy groups -OCH3 is 1. The lowest BCUT2D eigenvalue weighted by Crippen LogP contribution is -2.34. The average molecular weight is 403 g/mol. The van der Waals surface area contributed by atoms with Gasteiger partial charge in [-0.1, -0.05) is 42.5 Å². The Morgan fingerprint density at radius 2 is 1.83 bits per heavy atom. The molecule has 0 radical (unpaired) electrons. The van der Waals surface area contributed by atoms with Gasteiger partial charge in [0.1, 0.15) is 5.75 Å². The maximum absolute atomic E-state index is 13.0. The lowest BCUT2D eigenvalue weighted by molar-refractivity contribution is -0.612. The number of aromatic nitrogens is 1. The number of hydrazone groups is 1. The van der Waals surface area contributed by atoms with Gasteiger partial charge in [-0.2, -0.15) is 5.10 Å². The third-order valence-corrected chi connectivity index (χ3v) is 4.91. The zero-order chi connectivity index (χ0) is 20.9. The van der Waals surface area contributed by atoms with Gasteiger partial charge in [0.15, 0.2) is 12.8 Å². The van der Waals surface area contributed by atoms with Crippen LogP contribution in [0.3, 0.4) is 0 Å². The molecule has 0 fully saturated rings. The summed E-state index contributed by atoms with van der Waals surface area (Å²) in [4.78, 5) is 13.0. The Morgan fingerprint density at radius 1 is 1.10 bits per heavy atom. The molecule has 0 bridgehead atoms. The zero-order valence-electron chi connectivity index (χ0n) is 16.5. The molecule has 3 aromatic rings. The fourth-order valence-electron chi connectivity index (χ4n) is 3.36. The van der Waals surface area contributed by atoms with Crippen molar-refractivity contribution >= 4 is 11.6 Å². The minimum atomic E-state index is -0.328. The highest BCUT2D eigenvalue weighted by atomic mass is 16.6. The quantitative estimate of drug-likeness (QED) is 0.468. The monoisotopic (exact) mass is 403 g/mol. The Kier molecular flexibility index (Phi) is 5.61. The first kappa shape index (κ1) is 19.4. The summed E-state index contributed by atoms with van der Waals surface area (Å²) in [6.45, 7) is -0.287. The summed E-state index contributed by atoms with van der Waals surface area (Å²) in [6.07, 6.45) is 1.90. The summed E-state index contributed by atoms with van der Waals surface area (Å²) in [7, 11) is 1.61. The molecule has 152 valence electrons. The number of hydrogen-bond donors (Lipinski definition) is 0. The smallest absolute Gasteiger partial charge is 0.379 e. The van der Waals surface area contributed by atoms with Crippen molar-refractivity contribution in [1.82, 2.24) is 5.01 Å². The van der Waals surface area contributed by atoms with Crippen molar-refractivity contribution in [2.75, 3.05) is 13.7 Å². The molecule has 0 N–H and O–H groups in total. The number of nitrogens with zero attached hydrogens (tertiary/aromatic N) is 3. The summed E-state index contributed by atoms with van der Waals surface area (Å²) in [6, 6.07) is 21.9. The Morgan fingerprint density at radius 3 is 2.53 bits per heavy atom. The molecule has 4 rings (SSSR count). The Balaban J connectivity index is 1.58. The summed E-state index contributed by atoms with van der Waals surface area (Å²) in [5, 5.41) is 17.8. The number of hydrogen-bond acceptors (Lipinski definition) is 5. The number of rotatable bonds is 6. The molecule has 2 aromatic carbocycles. The van der Waals surface area contributed by atoms with Crippen LogP contribution in [0.15, 0.2) is 84.1 Å². The molecule has 1 atom stereocenters. The van der Waals surface area contributed by atoms with Gasteiger partial charge in [-0.15, -0.1) is 4.73 Å². The van der Waals surface area contributed by atoms with Crippen molar-refractivity contribution in [3.8, 4) is 11.6 Å². The van der Waals surface area contributed by atoms with Gasteiger partial charge in [-0.25, -0.2) is 5.01 Å². The van der Waals surface area contributed by atoms with Gasteiger partial charge in [-0.05, 0) is 29.3 Å². The van der Waals surface area contributed by atoms with Gasteiger partial charge in [0, 0.05) is 12.5 Å². The van der Waals surface area contributed by atoms with Crippen LogP contribution >= 0.6 is 0 Å². The largest absolute Gasteiger partial charge is 0.616 e. The maximum atomic E-state index is 13.0. The standard InChI is InChI=1S/C23H21N3O4/c1-29-19-12-10-18(11-13-19)21-15-20(17-7-3-2-4-8-17)24-26(21)22(27)16-30-23-9-5-6-14-25(23)28/h2-14,21H,15-16H2,1H3/t21-/m0/s1. The molecule has 7 heteroatoms. The second-order valence-electron chi connectivity index (χ2n) is 6.80. The minimum Gasteiger partial charge on any atom is -0.616 e. The van der Waals surface area contributed by atoms with E-state index < -0.39 is 0 Å². The number of carbonyl (C=O) groups excluding carboxylic acids is 1. The van der Waals surface area contributed by atoms with Crippen LogP contribution in [0.4, 0.5) is 0 Å². The zero-order valence-corrected chi connectivity index (χ0v) is 16.5.